The molecule has 0 bridgehead atoms. The number of carbonyl (C=O) groups excluding carboxylic acids is 2. The van der Waals surface area contributed by atoms with Crippen LogP contribution in [0.2, 0.25) is 0 Å². The molecular formula is C14H17NO3. The number of carbonyl (C=O) groups is 2. The largest absolute Gasteiger partial charge is 0.462 e. The van der Waals surface area contributed by atoms with Crippen LogP contribution in [0.15, 0.2) is 24.3 Å². The van der Waals surface area contributed by atoms with Gasteiger partial charge in [-0.15, -0.1) is 0 Å². The van der Waals surface area contributed by atoms with Crippen molar-refractivity contribution in [3.63, 3.8) is 0 Å². The first-order chi connectivity index (χ1) is 8.54. The van der Waals surface area contributed by atoms with E-state index >= 15 is 0 Å². The summed E-state index contributed by atoms with van der Waals surface area (Å²) in [5.74, 6) is -0.707. The number of aryl methyl sites for hydroxylation is 1. The number of rotatable bonds is 3. The minimum Gasteiger partial charge on any atom is -0.462 e. The van der Waals surface area contributed by atoms with E-state index in [1.54, 1.807) is 0 Å². The first kappa shape index (κ1) is 12.6. The second-order valence-corrected chi connectivity index (χ2v) is 4.80. The van der Waals surface area contributed by atoms with Crippen molar-refractivity contribution in [2.75, 3.05) is 5.32 Å². The molecule has 0 aliphatic carbocycles. The normalized spacial score (nSPS) is 22.7. The van der Waals surface area contributed by atoms with Crippen molar-refractivity contribution in [1.82, 2.24) is 0 Å². The average Bonchev–Trinajstić information content (AvgIpc) is 2.61. The number of hydrogen-bond acceptors (Lipinski definition) is 3. The highest BCUT2D eigenvalue weighted by molar-refractivity contribution is 5.93. The number of benzene rings is 1. The Morgan fingerprint density at radius 3 is 2.61 bits per heavy atom. The molecule has 1 aromatic rings. The van der Waals surface area contributed by atoms with Gasteiger partial charge in [-0.05, 0) is 32.4 Å². The lowest BCUT2D eigenvalue weighted by Gasteiger charge is -2.07. The van der Waals surface area contributed by atoms with Gasteiger partial charge in [-0.25, -0.2) is 0 Å². The molecule has 2 rings (SSSR count). The Morgan fingerprint density at radius 2 is 2.06 bits per heavy atom. The molecule has 1 aliphatic rings. The van der Waals surface area contributed by atoms with Gasteiger partial charge in [0.25, 0.3) is 0 Å². The number of ether oxygens (including phenoxy) is 1. The highest BCUT2D eigenvalue weighted by Crippen LogP contribution is 2.24. The van der Waals surface area contributed by atoms with E-state index < -0.39 is 0 Å². The maximum atomic E-state index is 11.8. The third-order valence-corrected chi connectivity index (χ3v) is 3.03. The predicted molar refractivity (Wildman–Crippen MR) is 68.1 cm³/mol. The second-order valence-electron chi connectivity index (χ2n) is 4.80. The van der Waals surface area contributed by atoms with Crippen LogP contribution < -0.4 is 5.32 Å². The lowest BCUT2D eigenvalue weighted by Crippen LogP contribution is -2.19. The lowest BCUT2D eigenvalue weighted by molar-refractivity contribution is -0.144. The van der Waals surface area contributed by atoms with E-state index in [2.05, 4.69) is 5.32 Å². The van der Waals surface area contributed by atoms with Crippen LogP contribution >= 0.6 is 0 Å². The molecule has 18 heavy (non-hydrogen) atoms. The van der Waals surface area contributed by atoms with Gasteiger partial charge in [0.1, 0.15) is 0 Å². The van der Waals surface area contributed by atoms with Gasteiger partial charge in [0.15, 0.2) is 0 Å². The third-order valence-electron chi connectivity index (χ3n) is 3.03. The molecule has 1 aromatic carbocycles. The highest BCUT2D eigenvalue weighted by atomic mass is 16.5. The van der Waals surface area contributed by atoms with Crippen LogP contribution in [-0.2, 0) is 14.3 Å². The number of amides is 1. The van der Waals surface area contributed by atoms with Gasteiger partial charge in [0.2, 0.25) is 5.91 Å². The van der Waals surface area contributed by atoms with E-state index in [9.17, 15) is 9.59 Å². The van der Waals surface area contributed by atoms with Crippen molar-refractivity contribution in [1.29, 1.82) is 0 Å². The van der Waals surface area contributed by atoms with Gasteiger partial charge in [-0.3, -0.25) is 9.59 Å². The van der Waals surface area contributed by atoms with Gasteiger partial charge in [0.05, 0.1) is 12.0 Å². The van der Waals surface area contributed by atoms with Crippen LogP contribution in [0.1, 0.15) is 25.3 Å². The molecule has 1 fully saturated rings. The lowest BCUT2D eigenvalue weighted by atomic mass is 10.0. The van der Waals surface area contributed by atoms with Crippen LogP contribution in [0, 0.1) is 12.8 Å². The molecule has 0 saturated carbocycles. The van der Waals surface area contributed by atoms with E-state index in [1.165, 1.54) is 0 Å². The fourth-order valence-electron chi connectivity index (χ4n) is 2.08. The van der Waals surface area contributed by atoms with E-state index in [1.807, 2.05) is 38.1 Å². The maximum Gasteiger partial charge on any atom is 0.309 e. The van der Waals surface area contributed by atoms with Crippen LogP contribution in [0.5, 0.6) is 0 Å². The van der Waals surface area contributed by atoms with Gasteiger partial charge >= 0.3 is 5.97 Å². The second kappa shape index (κ2) is 5.21. The fraction of sp³-hybridized carbons (Fsp3) is 0.429. The van der Waals surface area contributed by atoms with Gasteiger partial charge in [-0.1, -0.05) is 17.7 Å². The zero-order valence-electron chi connectivity index (χ0n) is 10.6. The number of nitrogens with one attached hydrogen (secondary N) is 1. The summed E-state index contributed by atoms with van der Waals surface area (Å²) < 4.78 is 5.02. The molecule has 96 valence electrons. The zero-order valence-corrected chi connectivity index (χ0v) is 10.6. The summed E-state index contributed by atoms with van der Waals surface area (Å²) in [7, 11) is 0. The van der Waals surface area contributed by atoms with Gasteiger partial charge in [-0.2, -0.15) is 0 Å². The fourth-order valence-corrected chi connectivity index (χ4v) is 2.08. The Hall–Kier alpha value is -1.84. The minimum absolute atomic E-state index is 0.0744. The van der Waals surface area contributed by atoms with Crippen LogP contribution in [0.25, 0.3) is 0 Å². The van der Waals surface area contributed by atoms with E-state index in [0.29, 0.717) is 6.42 Å². The molecule has 1 amide bonds. The molecular weight excluding hydrogens is 230 g/mol. The SMILES string of the molecule is Cc1ccc(NC(=O)C[C@H]2C[C@@H](C)OC2=O)cc1. The first-order valence-electron chi connectivity index (χ1n) is 6.11. The average molecular weight is 247 g/mol. The standard InChI is InChI=1S/C14H17NO3/c1-9-3-5-12(6-4-9)15-13(16)8-11-7-10(2)18-14(11)17/h3-6,10-11H,7-8H2,1-2H3,(H,15,16)/t10-,11-/m1/s1. The highest BCUT2D eigenvalue weighted by Gasteiger charge is 2.33. The van der Waals surface area contributed by atoms with Crippen LogP contribution in [0.3, 0.4) is 0 Å². The van der Waals surface area contributed by atoms with Crippen molar-refractivity contribution >= 4 is 17.6 Å². The first-order valence-corrected chi connectivity index (χ1v) is 6.11. The molecule has 0 spiro atoms. The molecule has 1 heterocycles. The smallest absolute Gasteiger partial charge is 0.309 e. The summed E-state index contributed by atoms with van der Waals surface area (Å²) in [6.07, 6.45) is 0.742. The predicted octanol–water partition coefficient (Wildman–Crippen LogP) is 2.28. The van der Waals surface area contributed by atoms with Crippen molar-refractivity contribution in [3.8, 4) is 0 Å². The molecule has 0 unspecified atom stereocenters. The molecule has 2 atom stereocenters. The van der Waals surface area contributed by atoms with E-state index in [0.717, 1.165) is 11.3 Å². The Kier molecular flexibility index (Phi) is 3.65. The Morgan fingerprint density at radius 1 is 1.39 bits per heavy atom. The molecule has 0 radical (unpaired) electrons. The van der Waals surface area contributed by atoms with Crippen molar-refractivity contribution < 1.29 is 14.3 Å². The Bertz CT molecular complexity index is 453. The molecule has 1 saturated heterocycles. The summed E-state index contributed by atoms with van der Waals surface area (Å²) in [6, 6.07) is 7.56. The third kappa shape index (κ3) is 3.09. The summed E-state index contributed by atoms with van der Waals surface area (Å²) in [5.41, 5.74) is 1.89. The Labute approximate surface area is 106 Å². The quantitative estimate of drug-likeness (QED) is 0.834. The van der Waals surface area contributed by atoms with Gasteiger partial charge in [0, 0.05) is 12.1 Å². The molecule has 0 aromatic heterocycles. The van der Waals surface area contributed by atoms with E-state index in [4.69, 9.17) is 4.74 Å². The van der Waals surface area contributed by atoms with Crippen molar-refractivity contribution in [3.05, 3.63) is 29.8 Å². The molecule has 1 N–H and O–H groups in total. The topological polar surface area (TPSA) is 55.4 Å². The summed E-state index contributed by atoms with van der Waals surface area (Å²) in [5, 5.41) is 2.78. The molecule has 4 nitrogen and oxygen atoms in total. The van der Waals surface area contributed by atoms with Gasteiger partial charge < -0.3 is 10.1 Å². The monoisotopic (exact) mass is 247 g/mol. The Balaban J connectivity index is 1.89. The zero-order chi connectivity index (χ0) is 13.1. The maximum absolute atomic E-state index is 11.8. The van der Waals surface area contributed by atoms with Crippen LogP contribution in [0.4, 0.5) is 5.69 Å². The minimum atomic E-state index is -0.301. The van der Waals surface area contributed by atoms with Crippen LogP contribution in [-0.4, -0.2) is 18.0 Å². The number of cyclic esters (lactones) is 1. The number of anilines is 1. The summed E-state index contributed by atoms with van der Waals surface area (Å²) in [6.45, 7) is 3.83. The number of esters is 1. The molecule has 4 heteroatoms. The molecule has 1 aliphatic heterocycles. The van der Waals surface area contributed by atoms with Crippen molar-refractivity contribution in [2.45, 2.75) is 32.8 Å². The van der Waals surface area contributed by atoms with Crippen molar-refractivity contribution in [2.24, 2.45) is 5.92 Å². The summed E-state index contributed by atoms with van der Waals surface area (Å²) in [4.78, 5) is 23.2. The van der Waals surface area contributed by atoms with E-state index in [-0.39, 0.29) is 30.3 Å². The number of hydrogen-bond donors (Lipinski definition) is 1. The summed E-state index contributed by atoms with van der Waals surface area (Å²) >= 11 is 0.